The van der Waals surface area contributed by atoms with Crippen LogP contribution in [0, 0.1) is 0 Å². The number of aromatic nitrogens is 2. The van der Waals surface area contributed by atoms with E-state index in [1.54, 1.807) is 24.3 Å². The molecule has 3 heterocycles. The smallest absolute Gasteiger partial charge is 0.348 e. The van der Waals surface area contributed by atoms with Crippen LogP contribution >= 0.6 is 11.6 Å². The highest BCUT2D eigenvalue weighted by atomic mass is 35.5. The average molecular weight is 361 g/mol. The van der Waals surface area contributed by atoms with Crippen molar-refractivity contribution < 1.29 is 23.2 Å². The number of carbonyl (C=O) groups is 1. The van der Waals surface area contributed by atoms with Gasteiger partial charge in [0.2, 0.25) is 11.0 Å². The number of halogens is 1. The largest absolute Gasteiger partial charge is 0.452 e. The molecule has 1 atom stereocenters. The maximum absolute atomic E-state index is 12.0. The first-order valence-corrected chi connectivity index (χ1v) is 8.09. The third-order valence-electron chi connectivity index (χ3n) is 3.81. The predicted octanol–water partition coefficient (Wildman–Crippen LogP) is 4.05. The molecule has 7 nitrogen and oxygen atoms in total. The number of furan rings is 1. The zero-order chi connectivity index (χ0) is 17.2. The van der Waals surface area contributed by atoms with E-state index >= 15 is 0 Å². The van der Waals surface area contributed by atoms with Crippen molar-refractivity contribution in [2.75, 3.05) is 6.61 Å². The minimum absolute atomic E-state index is 0.00456. The predicted molar refractivity (Wildman–Crippen MR) is 86.3 cm³/mol. The molecule has 0 radical (unpaired) electrons. The summed E-state index contributed by atoms with van der Waals surface area (Å²) in [5.41, 5.74) is 0.916. The molecule has 1 aromatic carbocycles. The van der Waals surface area contributed by atoms with Crippen LogP contribution in [0.3, 0.4) is 0 Å². The Morgan fingerprint density at radius 3 is 2.76 bits per heavy atom. The van der Waals surface area contributed by atoms with Crippen molar-refractivity contribution >= 4 is 17.6 Å². The molecule has 1 unspecified atom stereocenters. The summed E-state index contributed by atoms with van der Waals surface area (Å²) in [4.78, 5) is 16.3. The van der Waals surface area contributed by atoms with Gasteiger partial charge in [-0.25, -0.2) is 4.79 Å². The maximum Gasteiger partial charge on any atom is 0.348 e. The summed E-state index contributed by atoms with van der Waals surface area (Å²) in [6.45, 7) is 0.711. The lowest BCUT2D eigenvalue weighted by atomic mass is 10.2. The molecule has 1 fully saturated rings. The van der Waals surface area contributed by atoms with Gasteiger partial charge >= 0.3 is 5.97 Å². The maximum atomic E-state index is 12.0. The SMILES string of the molecule is O=C(Oc1ccc(-c2noc(C3CCCO3)n2)cc1)c1ccoc1Cl. The van der Waals surface area contributed by atoms with Crippen molar-refractivity contribution in [3.05, 3.63) is 53.3 Å². The van der Waals surface area contributed by atoms with Crippen LogP contribution in [-0.4, -0.2) is 22.7 Å². The van der Waals surface area contributed by atoms with Crippen molar-refractivity contribution in [2.24, 2.45) is 0 Å². The van der Waals surface area contributed by atoms with Crippen LogP contribution in [0.25, 0.3) is 11.4 Å². The number of ether oxygens (including phenoxy) is 2. The zero-order valence-corrected chi connectivity index (χ0v) is 13.7. The van der Waals surface area contributed by atoms with Crippen LogP contribution in [0.5, 0.6) is 5.75 Å². The van der Waals surface area contributed by atoms with Gasteiger partial charge in [-0.1, -0.05) is 5.16 Å². The van der Waals surface area contributed by atoms with Gasteiger partial charge in [0.05, 0.1) is 6.26 Å². The first-order chi connectivity index (χ1) is 12.2. The topological polar surface area (TPSA) is 87.6 Å². The lowest BCUT2D eigenvalue weighted by molar-refractivity contribution is 0.0734. The van der Waals surface area contributed by atoms with E-state index in [4.69, 9.17) is 30.0 Å². The average Bonchev–Trinajstić information content (AvgIpc) is 3.36. The number of nitrogens with zero attached hydrogens (tertiary/aromatic N) is 2. The van der Waals surface area contributed by atoms with E-state index in [-0.39, 0.29) is 16.9 Å². The van der Waals surface area contributed by atoms with Crippen molar-refractivity contribution in [2.45, 2.75) is 18.9 Å². The second-order valence-electron chi connectivity index (χ2n) is 5.48. The third-order valence-corrected chi connectivity index (χ3v) is 4.10. The molecule has 0 spiro atoms. The van der Waals surface area contributed by atoms with E-state index in [2.05, 4.69) is 10.1 Å². The first kappa shape index (κ1) is 15.9. The lowest BCUT2D eigenvalue weighted by Crippen LogP contribution is -2.07. The van der Waals surface area contributed by atoms with Crippen molar-refractivity contribution in [1.82, 2.24) is 10.1 Å². The molecule has 1 saturated heterocycles. The van der Waals surface area contributed by atoms with Gasteiger partial charge in [-0.3, -0.25) is 0 Å². The summed E-state index contributed by atoms with van der Waals surface area (Å²) < 4.78 is 20.9. The van der Waals surface area contributed by atoms with E-state index in [0.29, 0.717) is 24.1 Å². The summed E-state index contributed by atoms with van der Waals surface area (Å²) in [6.07, 6.45) is 3.07. The Morgan fingerprint density at radius 2 is 2.08 bits per heavy atom. The molecule has 0 aliphatic carbocycles. The van der Waals surface area contributed by atoms with Gasteiger partial charge in [0, 0.05) is 12.2 Å². The van der Waals surface area contributed by atoms with Gasteiger partial charge < -0.3 is 18.4 Å². The van der Waals surface area contributed by atoms with E-state index in [1.807, 2.05) is 0 Å². The molecule has 4 rings (SSSR count). The first-order valence-electron chi connectivity index (χ1n) is 7.71. The third kappa shape index (κ3) is 3.29. The van der Waals surface area contributed by atoms with Gasteiger partial charge in [-0.15, -0.1) is 0 Å². The number of rotatable bonds is 4. The molecular weight excluding hydrogens is 348 g/mol. The zero-order valence-electron chi connectivity index (χ0n) is 13.0. The summed E-state index contributed by atoms with van der Waals surface area (Å²) in [5, 5.41) is 3.97. The van der Waals surface area contributed by atoms with Gasteiger partial charge in [0.25, 0.3) is 5.89 Å². The number of hydrogen-bond donors (Lipinski definition) is 0. The molecule has 3 aromatic rings. The highest BCUT2D eigenvalue weighted by molar-refractivity contribution is 6.31. The fourth-order valence-electron chi connectivity index (χ4n) is 2.53. The molecule has 1 aliphatic rings. The molecule has 25 heavy (non-hydrogen) atoms. The molecule has 128 valence electrons. The van der Waals surface area contributed by atoms with Crippen LogP contribution in [0.4, 0.5) is 0 Å². The van der Waals surface area contributed by atoms with Crippen LogP contribution < -0.4 is 4.74 Å². The van der Waals surface area contributed by atoms with Gasteiger partial charge in [-0.05, 0) is 54.8 Å². The Hall–Kier alpha value is -2.64. The van der Waals surface area contributed by atoms with Gasteiger partial charge in [0.15, 0.2) is 0 Å². The van der Waals surface area contributed by atoms with Crippen LogP contribution in [0.1, 0.15) is 35.2 Å². The normalized spacial score (nSPS) is 16.9. The van der Waals surface area contributed by atoms with Crippen molar-refractivity contribution in [3.63, 3.8) is 0 Å². The van der Waals surface area contributed by atoms with Crippen LogP contribution in [0.15, 0.2) is 45.5 Å². The minimum Gasteiger partial charge on any atom is -0.452 e. The Bertz CT molecular complexity index is 881. The highest BCUT2D eigenvalue weighted by Gasteiger charge is 2.24. The highest BCUT2D eigenvalue weighted by Crippen LogP contribution is 2.29. The molecule has 8 heteroatoms. The number of esters is 1. The summed E-state index contributed by atoms with van der Waals surface area (Å²) in [6, 6.07) is 8.21. The van der Waals surface area contributed by atoms with Gasteiger partial charge in [-0.2, -0.15) is 4.98 Å². The number of carbonyl (C=O) groups excluding carboxylic acids is 1. The van der Waals surface area contributed by atoms with E-state index in [1.165, 1.54) is 12.3 Å². The molecule has 2 aromatic heterocycles. The fraction of sp³-hybridized carbons (Fsp3) is 0.235. The monoisotopic (exact) mass is 360 g/mol. The molecule has 0 N–H and O–H groups in total. The number of hydrogen-bond acceptors (Lipinski definition) is 7. The molecule has 1 aliphatic heterocycles. The summed E-state index contributed by atoms with van der Waals surface area (Å²) in [5.74, 6) is 0.722. The molecular formula is C17H13ClN2O5. The van der Waals surface area contributed by atoms with Crippen molar-refractivity contribution in [3.8, 4) is 17.1 Å². The van der Waals surface area contributed by atoms with Crippen LogP contribution in [0.2, 0.25) is 5.22 Å². The van der Waals surface area contributed by atoms with E-state index in [0.717, 1.165) is 18.4 Å². The molecule has 0 bridgehead atoms. The van der Waals surface area contributed by atoms with Crippen LogP contribution in [-0.2, 0) is 4.74 Å². The quantitative estimate of drug-likeness (QED) is 0.512. The Balaban J connectivity index is 1.47. The minimum atomic E-state index is -0.591. The second-order valence-corrected chi connectivity index (χ2v) is 5.82. The Labute approximate surface area is 147 Å². The standard InChI is InChI=1S/C17H13ClN2O5/c18-14-12(7-9-23-14)17(21)24-11-5-3-10(4-6-11)15-19-16(25-20-15)13-2-1-8-22-13/h3-7,9,13H,1-2,8H2. The van der Waals surface area contributed by atoms with E-state index < -0.39 is 5.97 Å². The fourth-order valence-corrected chi connectivity index (χ4v) is 2.72. The Kier molecular flexibility index (Phi) is 4.25. The number of benzene rings is 1. The lowest BCUT2D eigenvalue weighted by Gasteiger charge is -2.03. The summed E-state index contributed by atoms with van der Waals surface area (Å²) in [7, 11) is 0. The van der Waals surface area contributed by atoms with Gasteiger partial charge in [0.1, 0.15) is 17.4 Å². The van der Waals surface area contributed by atoms with Crippen molar-refractivity contribution in [1.29, 1.82) is 0 Å². The molecule has 0 saturated carbocycles. The molecule has 0 amide bonds. The van der Waals surface area contributed by atoms with E-state index in [9.17, 15) is 4.79 Å². The Morgan fingerprint density at radius 1 is 1.24 bits per heavy atom. The second kappa shape index (κ2) is 6.70. The summed E-state index contributed by atoms with van der Waals surface area (Å²) >= 11 is 5.76.